The highest BCUT2D eigenvalue weighted by Gasteiger charge is 2.36. The molecule has 0 radical (unpaired) electrons. The summed E-state index contributed by atoms with van der Waals surface area (Å²) < 4.78 is 5.65. The van der Waals surface area contributed by atoms with Crippen molar-refractivity contribution < 1.29 is 4.74 Å². The predicted molar refractivity (Wildman–Crippen MR) is 53.8 cm³/mol. The van der Waals surface area contributed by atoms with E-state index in [1.54, 1.807) is 0 Å². The molecule has 1 unspecified atom stereocenters. The Labute approximate surface area is 81.0 Å². The highest BCUT2D eigenvalue weighted by atomic mass is 16.5. The van der Waals surface area contributed by atoms with E-state index in [0.717, 1.165) is 13.2 Å². The highest BCUT2D eigenvalue weighted by Crippen LogP contribution is 2.43. The van der Waals surface area contributed by atoms with Crippen LogP contribution in [0.3, 0.4) is 0 Å². The molecule has 13 heavy (non-hydrogen) atoms. The smallest absolute Gasteiger partial charge is 0.0699 e. The van der Waals surface area contributed by atoms with E-state index >= 15 is 0 Å². The summed E-state index contributed by atoms with van der Waals surface area (Å²) in [6.07, 6.45) is 7.18. The lowest BCUT2D eigenvalue weighted by atomic mass is 10.1. The predicted octanol–water partition coefficient (Wildman–Crippen LogP) is 1.95. The van der Waals surface area contributed by atoms with Crippen LogP contribution < -0.4 is 5.32 Å². The Bertz CT molecular complexity index is 159. The maximum absolute atomic E-state index is 5.65. The average Bonchev–Trinajstić information content (AvgIpc) is 2.86. The van der Waals surface area contributed by atoms with E-state index < -0.39 is 0 Å². The molecule has 2 heteroatoms. The maximum Gasteiger partial charge on any atom is 0.0699 e. The molecule has 1 saturated carbocycles. The lowest BCUT2D eigenvalue weighted by Gasteiger charge is -2.23. The van der Waals surface area contributed by atoms with E-state index in [1.165, 1.54) is 38.6 Å². The molecule has 0 spiro atoms. The van der Waals surface area contributed by atoms with E-state index in [9.17, 15) is 0 Å². The Morgan fingerprint density at radius 3 is 2.85 bits per heavy atom. The summed E-state index contributed by atoms with van der Waals surface area (Å²) in [6.45, 7) is 5.59. The van der Waals surface area contributed by atoms with Crippen LogP contribution in [-0.4, -0.2) is 25.8 Å². The Balaban J connectivity index is 1.56. The first kappa shape index (κ1) is 9.47. The van der Waals surface area contributed by atoms with E-state index in [2.05, 4.69) is 12.2 Å². The van der Waals surface area contributed by atoms with Gasteiger partial charge < -0.3 is 10.1 Å². The molecule has 0 aromatic heterocycles. The average molecular weight is 183 g/mol. The molecular weight excluding hydrogens is 162 g/mol. The fourth-order valence-corrected chi connectivity index (χ4v) is 1.89. The molecule has 1 N–H and O–H groups in total. The second-order valence-corrected chi connectivity index (χ2v) is 4.93. The molecule has 2 aliphatic rings. The Kier molecular flexibility index (Phi) is 2.89. The zero-order chi connectivity index (χ0) is 9.15. The molecule has 0 aromatic carbocycles. The van der Waals surface area contributed by atoms with Gasteiger partial charge >= 0.3 is 0 Å². The Morgan fingerprint density at radius 2 is 2.23 bits per heavy atom. The third-order valence-electron chi connectivity index (χ3n) is 3.30. The number of hydrogen-bond donors (Lipinski definition) is 1. The summed E-state index contributed by atoms with van der Waals surface area (Å²) in [5.74, 6) is 0. The quantitative estimate of drug-likeness (QED) is 0.719. The van der Waals surface area contributed by atoms with Crippen LogP contribution in [0.5, 0.6) is 0 Å². The minimum Gasteiger partial charge on any atom is -0.377 e. The summed E-state index contributed by atoms with van der Waals surface area (Å²) in [4.78, 5) is 0. The molecular formula is C11H21NO. The van der Waals surface area contributed by atoms with Crippen molar-refractivity contribution in [1.29, 1.82) is 0 Å². The van der Waals surface area contributed by atoms with Gasteiger partial charge in [0.25, 0.3) is 0 Å². The van der Waals surface area contributed by atoms with Gasteiger partial charge in [-0.15, -0.1) is 0 Å². The molecule has 1 atom stereocenters. The Hall–Kier alpha value is -0.0800. The molecule has 1 aliphatic carbocycles. The molecule has 2 fully saturated rings. The second-order valence-electron chi connectivity index (χ2n) is 4.93. The third kappa shape index (κ3) is 2.96. The first-order valence-electron chi connectivity index (χ1n) is 5.61. The van der Waals surface area contributed by atoms with Crippen molar-refractivity contribution >= 4 is 0 Å². The van der Waals surface area contributed by atoms with E-state index in [0.29, 0.717) is 11.5 Å². The molecule has 76 valence electrons. The van der Waals surface area contributed by atoms with Crippen LogP contribution in [0.2, 0.25) is 0 Å². The summed E-state index contributed by atoms with van der Waals surface area (Å²) >= 11 is 0. The molecule has 2 nitrogen and oxygen atoms in total. The van der Waals surface area contributed by atoms with Crippen LogP contribution in [0.25, 0.3) is 0 Å². The van der Waals surface area contributed by atoms with Gasteiger partial charge in [0.15, 0.2) is 0 Å². The lowest BCUT2D eigenvalue weighted by Crippen LogP contribution is -2.34. The minimum absolute atomic E-state index is 0.496. The lowest BCUT2D eigenvalue weighted by molar-refractivity contribution is 0.0164. The molecule has 1 heterocycles. The van der Waals surface area contributed by atoms with Crippen LogP contribution in [-0.2, 0) is 4.74 Å². The summed E-state index contributed by atoms with van der Waals surface area (Å²) in [7, 11) is 0. The molecule has 0 amide bonds. The fourth-order valence-electron chi connectivity index (χ4n) is 1.89. The van der Waals surface area contributed by atoms with Crippen molar-refractivity contribution in [3.8, 4) is 0 Å². The maximum atomic E-state index is 5.65. The van der Waals surface area contributed by atoms with Gasteiger partial charge in [-0.25, -0.2) is 0 Å². The third-order valence-corrected chi connectivity index (χ3v) is 3.30. The van der Waals surface area contributed by atoms with Crippen molar-refractivity contribution in [2.24, 2.45) is 5.41 Å². The van der Waals surface area contributed by atoms with E-state index in [4.69, 9.17) is 4.74 Å². The van der Waals surface area contributed by atoms with E-state index in [-0.39, 0.29) is 0 Å². The van der Waals surface area contributed by atoms with Crippen LogP contribution in [0.1, 0.15) is 39.0 Å². The topological polar surface area (TPSA) is 21.3 Å². The van der Waals surface area contributed by atoms with Crippen LogP contribution in [0.15, 0.2) is 0 Å². The van der Waals surface area contributed by atoms with Gasteiger partial charge in [0.05, 0.1) is 6.10 Å². The molecule has 1 saturated heterocycles. The monoisotopic (exact) mass is 183 g/mol. The number of ether oxygens (including phenoxy) is 1. The Morgan fingerprint density at radius 1 is 1.38 bits per heavy atom. The van der Waals surface area contributed by atoms with Crippen LogP contribution >= 0.6 is 0 Å². The number of hydrogen-bond acceptors (Lipinski definition) is 2. The van der Waals surface area contributed by atoms with Gasteiger partial charge in [-0.05, 0) is 37.5 Å². The zero-order valence-corrected chi connectivity index (χ0v) is 8.64. The molecule has 2 rings (SSSR count). The standard InChI is InChI=1S/C11H21NO/c1-11(5-6-11)9-12-8-10-4-2-3-7-13-10/h10,12H,2-9H2,1H3. The van der Waals surface area contributed by atoms with Crippen LogP contribution in [0.4, 0.5) is 0 Å². The summed E-state index contributed by atoms with van der Waals surface area (Å²) in [5, 5.41) is 3.53. The van der Waals surface area contributed by atoms with Crippen molar-refractivity contribution in [3.63, 3.8) is 0 Å². The SMILES string of the molecule is CC1(CNCC2CCCCO2)CC1. The van der Waals surface area contributed by atoms with Crippen LogP contribution in [0, 0.1) is 5.41 Å². The van der Waals surface area contributed by atoms with Gasteiger partial charge in [0.1, 0.15) is 0 Å². The normalized spacial score (nSPS) is 31.6. The molecule has 0 aromatic rings. The van der Waals surface area contributed by atoms with Crippen molar-refractivity contribution in [1.82, 2.24) is 5.32 Å². The summed E-state index contributed by atoms with van der Waals surface area (Å²) in [6, 6.07) is 0. The van der Waals surface area contributed by atoms with E-state index in [1.807, 2.05) is 0 Å². The van der Waals surface area contributed by atoms with Gasteiger partial charge in [0, 0.05) is 19.7 Å². The first-order valence-corrected chi connectivity index (χ1v) is 5.61. The van der Waals surface area contributed by atoms with Gasteiger partial charge in [-0.1, -0.05) is 6.92 Å². The molecule has 1 aliphatic heterocycles. The van der Waals surface area contributed by atoms with Gasteiger partial charge in [-0.3, -0.25) is 0 Å². The minimum atomic E-state index is 0.496. The van der Waals surface area contributed by atoms with Gasteiger partial charge in [-0.2, -0.15) is 0 Å². The summed E-state index contributed by atoms with van der Waals surface area (Å²) in [5.41, 5.74) is 0.634. The zero-order valence-electron chi connectivity index (χ0n) is 8.64. The number of nitrogens with one attached hydrogen (secondary N) is 1. The second kappa shape index (κ2) is 3.97. The van der Waals surface area contributed by atoms with Crippen molar-refractivity contribution in [3.05, 3.63) is 0 Å². The van der Waals surface area contributed by atoms with Crippen molar-refractivity contribution in [2.75, 3.05) is 19.7 Å². The number of rotatable bonds is 4. The largest absolute Gasteiger partial charge is 0.377 e. The highest BCUT2D eigenvalue weighted by molar-refractivity contribution is 4.90. The van der Waals surface area contributed by atoms with Gasteiger partial charge in [0.2, 0.25) is 0 Å². The fraction of sp³-hybridized carbons (Fsp3) is 1.00. The van der Waals surface area contributed by atoms with Crippen molar-refractivity contribution in [2.45, 2.75) is 45.1 Å². The molecule has 0 bridgehead atoms. The first-order chi connectivity index (χ1) is 6.29.